The summed E-state index contributed by atoms with van der Waals surface area (Å²) >= 11 is 0. The minimum Gasteiger partial charge on any atom is -0.433 e. The Labute approximate surface area is 73.3 Å². The number of nitrogens with two attached hydrogens (primary N) is 1. The zero-order chi connectivity index (χ0) is 9.78. The predicted molar refractivity (Wildman–Crippen MR) is 47.4 cm³/mol. The lowest BCUT2D eigenvalue weighted by Crippen LogP contribution is -2.19. The van der Waals surface area contributed by atoms with E-state index in [0.29, 0.717) is 0 Å². The highest BCUT2D eigenvalue weighted by molar-refractivity contribution is 5.65. The van der Waals surface area contributed by atoms with E-state index in [9.17, 15) is 4.79 Å². The molecular formula is C9H15NO2. The molecule has 0 bridgehead atoms. The summed E-state index contributed by atoms with van der Waals surface area (Å²) in [6.07, 6.45) is -1.22. The van der Waals surface area contributed by atoms with Gasteiger partial charge in [-0.1, -0.05) is 11.8 Å². The molecule has 0 spiro atoms. The topological polar surface area (TPSA) is 52.3 Å². The Morgan fingerprint density at radius 3 is 2.33 bits per heavy atom. The maximum absolute atomic E-state index is 10.3. The SMILES string of the molecule is C[C@H](C#CC(C)(C)C)OC(N)=O. The summed E-state index contributed by atoms with van der Waals surface area (Å²) in [4.78, 5) is 10.3. The number of hydrogen-bond acceptors (Lipinski definition) is 2. The molecule has 68 valence electrons. The third-order valence-electron chi connectivity index (χ3n) is 0.943. The Kier molecular flexibility index (Phi) is 3.62. The Hall–Kier alpha value is -1.17. The molecule has 0 radical (unpaired) electrons. The van der Waals surface area contributed by atoms with Gasteiger partial charge in [-0.25, -0.2) is 4.79 Å². The highest BCUT2D eigenvalue weighted by Crippen LogP contribution is 2.10. The van der Waals surface area contributed by atoms with Crippen LogP contribution >= 0.6 is 0 Å². The normalized spacial score (nSPS) is 12.7. The quantitative estimate of drug-likeness (QED) is 0.605. The maximum atomic E-state index is 10.3. The van der Waals surface area contributed by atoms with Crippen molar-refractivity contribution in [3.8, 4) is 11.8 Å². The molecule has 0 saturated carbocycles. The van der Waals surface area contributed by atoms with Crippen LogP contribution in [-0.2, 0) is 4.74 Å². The van der Waals surface area contributed by atoms with Crippen LogP contribution in [-0.4, -0.2) is 12.2 Å². The van der Waals surface area contributed by atoms with Crippen LogP contribution in [0, 0.1) is 17.3 Å². The molecule has 0 aromatic heterocycles. The van der Waals surface area contributed by atoms with Crippen LogP contribution in [0.1, 0.15) is 27.7 Å². The first-order valence-electron chi connectivity index (χ1n) is 3.80. The molecule has 0 aromatic rings. The van der Waals surface area contributed by atoms with Crippen molar-refractivity contribution in [3.05, 3.63) is 0 Å². The molecular weight excluding hydrogens is 154 g/mol. The molecule has 1 atom stereocenters. The summed E-state index contributed by atoms with van der Waals surface area (Å²) in [5, 5.41) is 0. The largest absolute Gasteiger partial charge is 0.433 e. The van der Waals surface area contributed by atoms with Crippen LogP contribution < -0.4 is 5.73 Å². The summed E-state index contributed by atoms with van der Waals surface area (Å²) in [5.41, 5.74) is 4.73. The van der Waals surface area contributed by atoms with Gasteiger partial charge in [-0.3, -0.25) is 0 Å². The number of hydrogen-bond donors (Lipinski definition) is 1. The number of carbonyl (C=O) groups is 1. The summed E-state index contributed by atoms with van der Waals surface area (Å²) in [6, 6.07) is 0. The van der Waals surface area contributed by atoms with Gasteiger partial charge in [0.05, 0.1) is 0 Å². The van der Waals surface area contributed by atoms with Crippen LogP contribution in [0.3, 0.4) is 0 Å². The van der Waals surface area contributed by atoms with Crippen molar-refractivity contribution in [1.29, 1.82) is 0 Å². The first kappa shape index (κ1) is 10.8. The molecule has 3 nitrogen and oxygen atoms in total. The van der Waals surface area contributed by atoms with Crippen molar-refractivity contribution in [2.24, 2.45) is 11.1 Å². The first-order valence-corrected chi connectivity index (χ1v) is 3.80. The van der Waals surface area contributed by atoms with Crippen molar-refractivity contribution in [1.82, 2.24) is 0 Å². The van der Waals surface area contributed by atoms with Crippen molar-refractivity contribution in [2.45, 2.75) is 33.8 Å². The lowest BCUT2D eigenvalue weighted by Gasteiger charge is -2.08. The van der Waals surface area contributed by atoms with Gasteiger partial charge in [0.2, 0.25) is 0 Å². The highest BCUT2D eigenvalue weighted by atomic mass is 16.6. The second-order valence-corrected chi connectivity index (χ2v) is 3.60. The van der Waals surface area contributed by atoms with Gasteiger partial charge in [-0.05, 0) is 27.7 Å². The molecule has 2 N–H and O–H groups in total. The van der Waals surface area contributed by atoms with Crippen LogP contribution in [0.5, 0.6) is 0 Å². The second-order valence-electron chi connectivity index (χ2n) is 3.60. The standard InChI is InChI=1S/C9H15NO2/c1-7(12-8(10)11)5-6-9(2,3)4/h7H,1-4H3,(H2,10,11)/t7-/m1/s1. The van der Waals surface area contributed by atoms with Gasteiger partial charge < -0.3 is 10.5 Å². The van der Waals surface area contributed by atoms with Crippen LogP contribution in [0.25, 0.3) is 0 Å². The minimum absolute atomic E-state index is 0.0741. The van der Waals surface area contributed by atoms with E-state index in [1.165, 1.54) is 0 Å². The van der Waals surface area contributed by atoms with E-state index in [1.54, 1.807) is 6.92 Å². The van der Waals surface area contributed by atoms with Crippen molar-refractivity contribution >= 4 is 6.09 Å². The zero-order valence-electron chi connectivity index (χ0n) is 7.97. The lowest BCUT2D eigenvalue weighted by atomic mass is 9.98. The highest BCUT2D eigenvalue weighted by Gasteiger charge is 2.05. The predicted octanol–water partition coefficient (Wildman–Crippen LogP) is 1.52. The van der Waals surface area contributed by atoms with Crippen LogP contribution in [0.4, 0.5) is 4.79 Å². The Bertz CT molecular complexity index is 217. The van der Waals surface area contributed by atoms with E-state index in [-0.39, 0.29) is 5.41 Å². The Morgan fingerprint density at radius 2 is 2.00 bits per heavy atom. The molecule has 0 heterocycles. The average Bonchev–Trinajstić information content (AvgIpc) is 1.80. The number of amides is 1. The molecule has 0 fully saturated rings. The summed E-state index contributed by atoms with van der Waals surface area (Å²) < 4.78 is 4.61. The molecule has 12 heavy (non-hydrogen) atoms. The fraction of sp³-hybridized carbons (Fsp3) is 0.667. The summed E-state index contributed by atoms with van der Waals surface area (Å²) in [5.74, 6) is 5.73. The molecule has 0 saturated heterocycles. The average molecular weight is 169 g/mol. The molecule has 1 amide bonds. The van der Waals surface area contributed by atoms with Gasteiger partial charge in [0, 0.05) is 5.41 Å². The van der Waals surface area contributed by atoms with E-state index in [2.05, 4.69) is 16.6 Å². The zero-order valence-corrected chi connectivity index (χ0v) is 7.97. The fourth-order valence-electron chi connectivity index (χ4n) is 0.522. The maximum Gasteiger partial charge on any atom is 0.405 e. The Morgan fingerprint density at radius 1 is 1.50 bits per heavy atom. The number of primary amides is 1. The lowest BCUT2D eigenvalue weighted by molar-refractivity contribution is 0.140. The van der Waals surface area contributed by atoms with Crippen molar-refractivity contribution in [2.75, 3.05) is 0 Å². The number of rotatable bonds is 1. The monoisotopic (exact) mass is 169 g/mol. The first-order chi connectivity index (χ1) is 5.31. The minimum atomic E-state index is -0.786. The van der Waals surface area contributed by atoms with Crippen LogP contribution in [0.2, 0.25) is 0 Å². The van der Waals surface area contributed by atoms with Crippen molar-refractivity contribution in [3.63, 3.8) is 0 Å². The van der Waals surface area contributed by atoms with E-state index in [1.807, 2.05) is 20.8 Å². The second kappa shape index (κ2) is 4.01. The molecule has 3 heteroatoms. The van der Waals surface area contributed by atoms with E-state index >= 15 is 0 Å². The third-order valence-corrected chi connectivity index (χ3v) is 0.943. The summed E-state index contributed by atoms with van der Waals surface area (Å²) in [6.45, 7) is 7.63. The Balaban J connectivity index is 4.04. The third kappa shape index (κ3) is 6.94. The van der Waals surface area contributed by atoms with Gasteiger partial charge in [0.25, 0.3) is 0 Å². The number of ether oxygens (including phenoxy) is 1. The van der Waals surface area contributed by atoms with Gasteiger partial charge in [0.1, 0.15) is 0 Å². The van der Waals surface area contributed by atoms with E-state index < -0.39 is 12.2 Å². The molecule has 0 rings (SSSR count). The van der Waals surface area contributed by atoms with Gasteiger partial charge in [-0.15, -0.1) is 0 Å². The van der Waals surface area contributed by atoms with Gasteiger partial charge in [-0.2, -0.15) is 0 Å². The van der Waals surface area contributed by atoms with Crippen LogP contribution in [0.15, 0.2) is 0 Å². The molecule has 0 aliphatic heterocycles. The number of carbonyl (C=O) groups excluding carboxylic acids is 1. The smallest absolute Gasteiger partial charge is 0.405 e. The van der Waals surface area contributed by atoms with Gasteiger partial charge >= 0.3 is 6.09 Å². The van der Waals surface area contributed by atoms with E-state index in [4.69, 9.17) is 5.73 Å². The van der Waals surface area contributed by atoms with Crippen molar-refractivity contribution < 1.29 is 9.53 Å². The van der Waals surface area contributed by atoms with E-state index in [0.717, 1.165) is 0 Å². The molecule has 0 aliphatic rings. The summed E-state index contributed by atoms with van der Waals surface area (Å²) in [7, 11) is 0. The van der Waals surface area contributed by atoms with Gasteiger partial charge in [0.15, 0.2) is 6.10 Å². The molecule has 0 unspecified atom stereocenters. The molecule has 0 aromatic carbocycles. The molecule has 0 aliphatic carbocycles. The fourth-order valence-corrected chi connectivity index (χ4v) is 0.522.